The Hall–Kier alpha value is -0.480. The summed E-state index contributed by atoms with van der Waals surface area (Å²) in [5.41, 5.74) is 1.81. The van der Waals surface area contributed by atoms with Crippen LogP contribution in [0.5, 0.6) is 0 Å². The molecular formula is C9H15N3S. The van der Waals surface area contributed by atoms with Gasteiger partial charge in [0.25, 0.3) is 0 Å². The third kappa shape index (κ3) is 2.74. The van der Waals surface area contributed by atoms with E-state index in [1.54, 1.807) is 11.3 Å². The van der Waals surface area contributed by atoms with E-state index in [2.05, 4.69) is 15.1 Å². The van der Waals surface area contributed by atoms with Gasteiger partial charge in [0.2, 0.25) is 0 Å². The smallest absolute Gasteiger partial charge is 0.118 e. The first-order chi connectivity index (χ1) is 6.45. The highest BCUT2D eigenvalue weighted by Crippen LogP contribution is 2.10. The van der Waals surface area contributed by atoms with Gasteiger partial charge in [0, 0.05) is 13.0 Å². The minimum Gasteiger partial charge on any atom is -0.303 e. The fourth-order valence-corrected chi connectivity index (χ4v) is 2.26. The van der Waals surface area contributed by atoms with Gasteiger partial charge >= 0.3 is 0 Å². The molecule has 13 heavy (non-hydrogen) atoms. The van der Waals surface area contributed by atoms with Gasteiger partial charge in [0.15, 0.2) is 0 Å². The molecule has 0 atom stereocenters. The molecule has 3 nitrogen and oxygen atoms in total. The average Bonchev–Trinajstić information content (AvgIpc) is 2.69. The van der Waals surface area contributed by atoms with E-state index in [0.29, 0.717) is 0 Å². The molecule has 0 spiro atoms. The van der Waals surface area contributed by atoms with Gasteiger partial charge < -0.3 is 4.90 Å². The molecule has 0 aliphatic carbocycles. The molecule has 1 aliphatic rings. The SMILES string of the molecule is c1nnc(CCN2CCCCC2)s1. The third-order valence-electron chi connectivity index (χ3n) is 2.50. The van der Waals surface area contributed by atoms with Crippen molar-refractivity contribution >= 4 is 11.3 Å². The minimum absolute atomic E-state index is 1.07. The van der Waals surface area contributed by atoms with Gasteiger partial charge in [-0.05, 0) is 25.9 Å². The summed E-state index contributed by atoms with van der Waals surface area (Å²) in [4.78, 5) is 2.53. The molecule has 1 aromatic heterocycles. The highest BCUT2D eigenvalue weighted by Gasteiger charge is 2.09. The lowest BCUT2D eigenvalue weighted by Crippen LogP contribution is -2.31. The van der Waals surface area contributed by atoms with E-state index in [0.717, 1.165) is 13.0 Å². The fraction of sp³-hybridized carbons (Fsp3) is 0.778. The van der Waals surface area contributed by atoms with Crippen LogP contribution in [0.15, 0.2) is 5.51 Å². The molecule has 72 valence electrons. The molecule has 1 aliphatic heterocycles. The number of likely N-dealkylation sites (tertiary alicyclic amines) is 1. The van der Waals surface area contributed by atoms with E-state index in [4.69, 9.17) is 0 Å². The molecule has 0 saturated carbocycles. The summed E-state index contributed by atoms with van der Waals surface area (Å²) in [5.74, 6) is 0. The van der Waals surface area contributed by atoms with Gasteiger partial charge in [-0.2, -0.15) is 0 Å². The maximum absolute atomic E-state index is 4.04. The molecule has 2 rings (SSSR count). The molecule has 0 amide bonds. The first kappa shape index (κ1) is 9.09. The standard InChI is InChI=1S/C9H15N3S/c1-2-5-12(6-3-1)7-4-9-11-10-8-13-9/h8H,1-7H2. The maximum Gasteiger partial charge on any atom is 0.118 e. The van der Waals surface area contributed by atoms with Crippen LogP contribution in [0.25, 0.3) is 0 Å². The number of piperidine rings is 1. The van der Waals surface area contributed by atoms with Gasteiger partial charge in [0.1, 0.15) is 10.5 Å². The first-order valence-corrected chi connectivity index (χ1v) is 5.80. The molecular weight excluding hydrogens is 182 g/mol. The summed E-state index contributed by atoms with van der Waals surface area (Å²) in [6, 6.07) is 0. The molecule has 0 N–H and O–H groups in total. The Labute approximate surface area is 82.8 Å². The van der Waals surface area contributed by atoms with Crippen molar-refractivity contribution in [3.63, 3.8) is 0 Å². The molecule has 1 fully saturated rings. The molecule has 1 saturated heterocycles. The lowest BCUT2D eigenvalue weighted by molar-refractivity contribution is 0.231. The summed E-state index contributed by atoms with van der Waals surface area (Å²) in [6.07, 6.45) is 5.23. The van der Waals surface area contributed by atoms with Gasteiger partial charge in [-0.25, -0.2) is 0 Å². The van der Waals surface area contributed by atoms with Crippen LogP contribution in [0.2, 0.25) is 0 Å². The van der Waals surface area contributed by atoms with Crippen molar-refractivity contribution in [2.24, 2.45) is 0 Å². The van der Waals surface area contributed by atoms with Crippen LogP contribution in [0.1, 0.15) is 24.3 Å². The van der Waals surface area contributed by atoms with Crippen molar-refractivity contribution in [1.82, 2.24) is 15.1 Å². The molecule has 0 unspecified atom stereocenters. The number of rotatable bonds is 3. The molecule has 0 bridgehead atoms. The van der Waals surface area contributed by atoms with E-state index in [9.17, 15) is 0 Å². The summed E-state index contributed by atoms with van der Waals surface area (Å²) in [7, 11) is 0. The van der Waals surface area contributed by atoms with Crippen molar-refractivity contribution in [2.75, 3.05) is 19.6 Å². The van der Waals surface area contributed by atoms with E-state index in [1.807, 2.05) is 5.51 Å². The molecule has 1 aromatic rings. The van der Waals surface area contributed by atoms with E-state index < -0.39 is 0 Å². The normalized spacial score (nSPS) is 19.1. The largest absolute Gasteiger partial charge is 0.303 e. The second-order valence-corrected chi connectivity index (χ2v) is 4.40. The highest BCUT2D eigenvalue weighted by molar-refractivity contribution is 7.09. The van der Waals surface area contributed by atoms with Gasteiger partial charge in [-0.1, -0.05) is 6.42 Å². The Bertz CT molecular complexity index is 229. The van der Waals surface area contributed by atoms with Crippen LogP contribution in [0, 0.1) is 0 Å². The minimum atomic E-state index is 1.07. The number of hydrogen-bond acceptors (Lipinski definition) is 4. The van der Waals surface area contributed by atoms with E-state index >= 15 is 0 Å². The highest BCUT2D eigenvalue weighted by atomic mass is 32.1. The molecule has 0 aromatic carbocycles. The topological polar surface area (TPSA) is 29.0 Å². The Kier molecular flexibility index (Phi) is 3.27. The fourth-order valence-electron chi connectivity index (χ4n) is 1.74. The van der Waals surface area contributed by atoms with Crippen LogP contribution >= 0.6 is 11.3 Å². The maximum atomic E-state index is 4.04. The Balaban J connectivity index is 1.72. The van der Waals surface area contributed by atoms with Gasteiger partial charge in [-0.3, -0.25) is 0 Å². The molecule has 4 heteroatoms. The first-order valence-electron chi connectivity index (χ1n) is 4.92. The lowest BCUT2D eigenvalue weighted by Gasteiger charge is -2.25. The van der Waals surface area contributed by atoms with E-state index in [-0.39, 0.29) is 0 Å². The Morgan fingerprint density at radius 2 is 2.15 bits per heavy atom. The van der Waals surface area contributed by atoms with Gasteiger partial charge in [-0.15, -0.1) is 21.5 Å². The Morgan fingerprint density at radius 3 is 2.85 bits per heavy atom. The number of nitrogens with zero attached hydrogens (tertiary/aromatic N) is 3. The Morgan fingerprint density at radius 1 is 1.31 bits per heavy atom. The predicted octanol–water partition coefficient (Wildman–Crippen LogP) is 1.57. The zero-order valence-corrected chi connectivity index (χ0v) is 8.59. The number of hydrogen-bond donors (Lipinski definition) is 0. The van der Waals surface area contributed by atoms with Crippen LogP contribution in [0.4, 0.5) is 0 Å². The zero-order chi connectivity index (χ0) is 8.93. The molecule has 2 heterocycles. The van der Waals surface area contributed by atoms with Crippen molar-refractivity contribution in [2.45, 2.75) is 25.7 Å². The van der Waals surface area contributed by atoms with Gasteiger partial charge in [0.05, 0.1) is 0 Å². The quantitative estimate of drug-likeness (QED) is 0.736. The monoisotopic (exact) mass is 197 g/mol. The number of aromatic nitrogens is 2. The van der Waals surface area contributed by atoms with Crippen LogP contribution < -0.4 is 0 Å². The van der Waals surface area contributed by atoms with Crippen LogP contribution in [-0.4, -0.2) is 34.7 Å². The van der Waals surface area contributed by atoms with Crippen molar-refractivity contribution in [3.05, 3.63) is 10.5 Å². The van der Waals surface area contributed by atoms with Crippen LogP contribution in [-0.2, 0) is 6.42 Å². The van der Waals surface area contributed by atoms with E-state index in [1.165, 1.54) is 37.4 Å². The summed E-state index contributed by atoms with van der Waals surface area (Å²) >= 11 is 1.66. The second-order valence-electron chi connectivity index (χ2n) is 3.48. The molecule has 0 radical (unpaired) electrons. The van der Waals surface area contributed by atoms with Crippen molar-refractivity contribution < 1.29 is 0 Å². The summed E-state index contributed by atoms with van der Waals surface area (Å²) in [6.45, 7) is 3.72. The third-order valence-corrected chi connectivity index (χ3v) is 3.25. The average molecular weight is 197 g/mol. The lowest BCUT2D eigenvalue weighted by atomic mass is 10.1. The predicted molar refractivity (Wildman–Crippen MR) is 53.9 cm³/mol. The zero-order valence-electron chi connectivity index (χ0n) is 7.78. The van der Waals surface area contributed by atoms with Crippen molar-refractivity contribution in [1.29, 1.82) is 0 Å². The second kappa shape index (κ2) is 4.67. The summed E-state index contributed by atoms with van der Waals surface area (Å²) in [5, 5.41) is 9.05. The summed E-state index contributed by atoms with van der Waals surface area (Å²) < 4.78 is 0. The van der Waals surface area contributed by atoms with Crippen LogP contribution in [0.3, 0.4) is 0 Å². The van der Waals surface area contributed by atoms with Crippen molar-refractivity contribution in [3.8, 4) is 0 Å².